The summed E-state index contributed by atoms with van der Waals surface area (Å²) < 4.78 is 0. The maximum absolute atomic E-state index is 11.5. The minimum atomic E-state index is 0.323. The summed E-state index contributed by atoms with van der Waals surface area (Å²) in [5, 5.41) is 0. The number of rotatable bonds is 32. The molecule has 0 fully saturated rings. The zero-order valence-electron chi connectivity index (χ0n) is 25.9. The largest absolute Gasteiger partial charge is 0.303 e. The fourth-order valence-electron chi connectivity index (χ4n) is 5.54. The second-order valence-electron chi connectivity index (χ2n) is 12.0. The van der Waals surface area contributed by atoms with Gasteiger partial charge in [-0.2, -0.15) is 0 Å². The molecule has 37 heavy (non-hydrogen) atoms. The van der Waals surface area contributed by atoms with Crippen molar-refractivity contribution in [2.75, 3.05) is 0 Å². The molecule has 1 heteroatoms. The van der Waals surface area contributed by atoms with Gasteiger partial charge in [-0.1, -0.05) is 180 Å². The van der Waals surface area contributed by atoms with Gasteiger partial charge in [0.15, 0.2) is 0 Å². The van der Waals surface area contributed by atoms with Crippen LogP contribution in [-0.2, 0) is 4.79 Å². The second kappa shape index (κ2) is 33.4. The van der Waals surface area contributed by atoms with Crippen molar-refractivity contribution in [3.8, 4) is 0 Å². The maximum atomic E-state index is 11.5. The Morgan fingerprint density at radius 3 is 0.946 bits per heavy atom. The molecule has 0 radical (unpaired) electrons. The predicted octanol–water partition coefficient (Wildman–Crippen LogP) is 13.1. The molecule has 0 saturated carbocycles. The van der Waals surface area contributed by atoms with Gasteiger partial charge in [0.2, 0.25) is 0 Å². The van der Waals surface area contributed by atoms with Crippen LogP contribution in [0.1, 0.15) is 206 Å². The lowest BCUT2D eigenvalue weighted by Gasteiger charge is -2.10. The third-order valence-electron chi connectivity index (χ3n) is 8.21. The number of carbonyl (C=O) groups is 1. The molecular weight excluding hydrogens is 448 g/mol. The molecule has 0 heterocycles. The van der Waals surface area contributed by atoms with E-state index in [2.05, 4.69) is 26.0 Å². The highest BCUT2D eigenvalue weighted by Crippen LogP contribution is 2.18. The zero-order valence-corrected chi connectivity index (χ0v) is 25.9. The van der Waals surface area contributed by atoms with Crippen molar-refractivity contribution in [3.63, 3.8) is 0 Å². The first-order valence-electron chi connectivity index (χ1n) is 17.4. The van der Waals surface area contributed by atoms with Gasteiger partial charge in [-0.05, 0) is 38.5 Å². The van der Waals surface area contributed by atoms with Gasteiger partial charge in [0.1, 0.15) is 6.29 Å². The molecule has 0 N–H and O–H groups in total. The molecule has 0 bridgehead atoms. The number of hydrogen-bond donors (Lipinski definition) is 0. The van der Waals surface area contributed by atoms with E-state index in [4.69, 9.17) is 0 Å². The fourth-order valence-corrected chi connectivity index (χ4v) is 5.54. The van der Waals surface area contributed by atoms with Crippen molar-refractivity contribution in [3.05, 3.63) is 12.2 Å². The summed E-state index contributed by atoms with van der Waals surface area (Å²) in [6, 6.07) is 0. The summed E-state index contributed by atoms with van der Waals surface area (Å²) in [4.78, 5) is 11.5. The van der Waals surface area contributed by atoms with Crippen LogP contribution >= 0.6 is 0 Å². The van der Waals surface area contributed by atoms with Crippen molar-refractivity contribution in [1.82, 2.24) is 0 Å². The topological polar surface area (TPSA) is 17.1 Å². The molecule has 220 valence electrons. The lowest BCUT2D eigenvalue weighted by Crippen LogP contribution is -2.02. The maximum Gasteiger partial charge on any atom is 0.123 e. The molecule has 1 unspecified atom stereocenters. The second-order valence-corrected chi connectivity index (χ2v) is 12.0. The lowest BCUT2D eigenvalue weighted by molar-refractivity contribution is -0.111. The highest BCUT2D eigenvalue weighted by molar-refractivity contribution is 5.53. The van der Waals surface area contributed by atoms with Crippen LogP contribution in [0.2, 0.25) is 0 Å². The standard InChI is InChI=1S/C36H70O/c1-3-5-7-9-11-13-15-17-19-20-22-24-26-28-30-32-34-36(35-37)33-31-29-27-25-23-21-18-16-14-12-10-8-6-4-2/h18,21,35-36H,3-17,19-20,22-34H2,1-2H3/b21-18-. The average molecular weight is 519 g/mol. The summed E-state index contributed by atoms with van der Waals surface area (Å²) in [5.74, 6) is 0.323. The van der Waals surface area contributed by atoms with Crippen molar-refractivity contribution < 1.29 is 4.79 Å². The van der Waals surface area contributed by atoms with E-state index in [1.165, 1.54) is 186 Å². The molecule has 0 rings (SSSR count). The van der Waals surface area contributed by atoms with E-state index in [1.54, 1.807) is 0 Å². The van der Waals surface area contributed by atoms with Crippen LogP contribution in [0.25, 0.3) is 0 Å². The van der Waals surface area contributed by atoms with Gasteiger partial charge in [-0.15, -0.1) is 0 Å². The number of unbranched alkanes of at least 4 members (excludes halogenated alkanes) is 25. The van der Waals surface area contributed by atoms with Gasteiger partial charge in [0, 0.05) is 5.92 Å². The summed E-state index contributed by atoms with van der Waals surface area (Å²) in [5.41, 5.74) is 0. The Morgan fingerprint density at radius 2 is 0.649 bits per heavy atom. The SMILES string of the molecule is CCCCCCCC/C=C\CCCCCCC(C=O)CCCCCCCCCCCCCCCCCC. The van der Waals surface area contributed by atoms with Crippen molar-refractivity contribution in [2.45, 2.75) is 206 Å². The first-order chi connectivity index (χ1) is 18.3. The number of hydrogen-bond acceptors (Lipinski definition) is 1. The fraction of sp³-hybridized carbons (Fsp3) is 0.917. The molecule has 0 aromatic heterocycles. The van der Waals surface area contributed by atoms with Crippen LogP contribution in [0.5, 0.6) is 0 Å². The molecule has 0 aromatic rings. The van der Waals surface area contributed by atoms with E-state index >= 15 is 0 Å². The van der Waals surface area contributed by atoms with Crippen molar-refractivity contribution in [1.29, 1.82) is 0 Å². The monoisotopic (exact) mass is 519 g/mol. The average Bonchev–Trinajstić information content (AvgIpc) is 2.91. The number of carbonyl (C=O) groups excluding carboxylic acids is 1. The molecule has 0 spiro atoms. The van der Waals surface area contributed by atoms with Gasteiger partial charge in [0.05, 0.1) is 0 Å². The Balaban J connectivity index is 3.31. The van der Waals surface area contributed by atoms with E-state index in [9.17, 15) is 4.79 Å². The Morgan fingerprint density at radius 1 is 0.378 bits per heavy atom. The van der Waals surface area contributed by atoms with E-state index in [0.717, 1.165) is 12.8 Å². The lowest BCUT2D eigenvalue weighted by atomic mass is 9.95. The van der Waals surface area contributed by atoms with Crippen molar-refractivity contribution in [2.24, 2.45) is 5.92 Å². The number of aldehydes is 1. The third-order valence-corrected chi connectivity index (χ3v) is 8.21. The van der Waals surface area contributed by atoms with Crippen molar-refractivity contribution >= 4 is 6.29 Å². The zero-order chi connectivity index (χ0) is 26.9. The highest BCUT2D eigenvalue weighted by Gasteiger charge is 2.06. The summed E-state index contributed by atoms with van der Waals surface area (Å²) in [7, 11) is 0. The van der Waals surface area contributed by atoms with Gasteiger partial charge in [0.25, 0.3) is 0 Å². The van der Waals surface area contributed by atoms with E-state index in [-0.39, 0.29) is 0 Å². The molecule has 0 aliphatic carbocycles. The van der Waals surface area contributed by atoms with Gasteiger partial charge in [-0.3, -0.25) is 0 Å². The smallest absolute Gasteiger partial charge is 0.123 e. The van der Waals surface area contributed by atoms with Crippen LogP contribution in [-0.4, -0.2) is 6.29 Å². The minimum absolute atomic E-state index is 0.323. The van der Waals surface area contributed by atoms with Crippen LogP contribution in [0, 0.1) is 5.92 Å². The quantitative estimate of drug-likeness (QED) is 0.0491. The van der Waals surface area contributed by atoms with Crippen LogP contribution in [0.3, 0.4) is 0 Å². The molecule has 0 aromatic carbocycles. The van der Waals surface area contributed by atoms with Gasteiger partial charge >= 0.3 is 0 Å². The van der Waals surface area contributed by atoms with E-state index < -0.39 is 0 Å². The molecular formula is C36H70O. The summed E-state index contributed by atoms with van der Waals surface area (Å²) in [6.45, 7) is 4.58. The Bertz CT molecular complexity index is 440. The first-order valence-corrected chi connectivity index (χ1v) is 17.4. The molecule has 0 amide bonds. The number of allylic oxidation sites excluding steroid dienone is 2. The third kappa shape index (κ3) is 31.5. The predicted molar refractivity (Wildman–Crippen MR) is 169 cm³/mol. The Labute approximate surface area is 235 Å². The molecule has 0 saturated heterocycles. The normalized spacial score (nSPS) is 12.5. The van der Waals surface area contributed by atoms with Crippen LogP contribution in [0.4, 0.5) is 0 Å². The van der Waals surface area contributed by atoms with Crippen LogP contribution in [0.15, 0.2) is 12.2 Å². The molecule has 0 aliphatic heterocycles. The van der Waals surface area contributed by atoms with Gasteiger partial charge < -0.3 is 4.79 Å². The first kappa shape index (κ1) is 36.4. The highest BCUT2D eigenvalue weighted by atomic mass is 16.1. The van der Waals surface area contributed by atoms with E-state index in [1.807, 2.05) is 0 Å². The van der Waals surface area contributed by atoms with Crippen LogP contribution < -0.4 is 0 Å². The summed E-state index contributed by atoms with van der Waals surface area (Å²) >= 11 is 0. The molecule has 1 atom stereocenters. The Kier molecular flexibility index (Phi) is 32.9. The summed E-state index contributed by atoms with van der Waals surface area (Å²) in [6.07, 6.45) is 47.0. The minimum Gasteiger partial charge on any atom is -0.303 e. The van der Waals surface area contributed by atoms with E-state index in [0.29, 0.717) is 5.92 Å². The molecule has 1 nitrogen and oxygen atoms in total. The van der Waals surface area contributed by atoms with Gasteiger partial charge in [-0.25, -0.2) is 0 Å². The molecule has 0 aliphatic rings. The Hall–Kier alpha value is -0.590.